The Kier molecular flexibility index (Phi) is 4.04. The third kappa shape index (κ3) is 2.92. The van der Waals surface area contributed by atoms with Gasteiger partial charge in [-0.15, -0.1) is 0 Å². The van der Waals surface area contributed by atoms with Crippen molar-refractivity contribution in [2.75, 3.05) is 33.7 Å². The average molecular weight is 318 g/mol. The molecule has 1 aliphatic heterocycles. The Hall–Kier alpha value is -2.41. The molecule has 23 heavy (non-hydrogen) atoms. The van der Waals surface area contributed by atoms with Crippen molar-refractivity contribution in [1.82, 2.24) is 20.1 Å². The summed E-state index contributed by atoms with van der Waals surface area (Å²) in [4.78, 5) is 31.2. The fourth-order valence-electron chi connectivity index (χ4n) is 2.90. The molecule has 0 radical (unpaired) electrons. The van der Waals surface area contributed by atoms with Crippen LogP contribution in [0.4, 0.5) is 4.39 Å². The van der Waals surface area contributed by atoms with Crippen molar-refractivity contribution >= 4 is 22.7 Å². The molecule has 2 heterocycles. The van der Waals surface area contributed by atoms with Gasteiger partial charge in [0.1, 0.15) is 17.6 Å². The molecule has 3 rings (SSSR count). The van der Waals surface area contributed by atoms with E-state index in [-0.39, 0.29) is 23.7 Å². The molecule has 122 valence electrons. The van der Waals surface area contributed by atoms with Crippen molar-refractivity contribution < 1.29 is 14.0 Å². The van der Waals surface area contributed by atoms with E-state index in [1.165, 1.54) is 12.1 Å². The molecule has 2 N–H and O–H groups in total. The molecule has 0 saturated carbocycles. The molecule has 6 nitrogen and oxygen atoms in total. The van der Waals surface area contributed by atoms with Crippen molar-refractivity contribution in [3.8, 4) is 0 Å². The summed E-state index contributed by atoms with van der Waals surface area (Å²) in [7, 11) is 3.45. The number of halogens is 1. The number of nitrogens with zero attached hydrogens (tertiary/aromatic N) is 2. The van der Waals surface area contributed by atoms with Crippen LogP contribution in [-0.2, 0) is 4.79 Å². The topological polar surface area (TPSA) is 68.4 Å². The van der Waals surface area contributed by atoms with E-state index in [9.17, 15) is 14.0 Å². The molecule has 2 amide bonds. The van der Waals surface area contributed by atoms with Crippen LogP contribution in [0, 0.1) is 5.82 Å². The Morgan fingerprint density at radius 1 is 1.30 bits per heavy atom. The lowest BCUT2D eigenvalue weighted by Gasteiger charge is -2.38. The minimum atomic E-state index is -0.362. The second kappa shape index (κ2) is 6.00. The minimum absolute atomic E-state index is 0.108. The average Bonchev–Trinajstić information content (AvgIpc) is 2.97. The lowest BCUT2D eigenvalue weighted by Crippen LogP contribution is -2.58. The second-order valence-corrected chi connectivity index (χ2v) is 5.78. The zero-order chi connectivity index (χ0) is 16.6. The van der Waals surface area contributed by atoms with Crippen LogP contribution in [0.15, 0.2) is 24.3 Å². The number of benzene rings is 1. The summed E-state index contributed by atoms with van der Waals surface area (Å²) in [5.74, 6) is -0.623. The molecule has 1 aromatic heterocycles. The van der Waals surface area contributed by atoms with Gasteiger partial charge in [-0.25, -0.2) is 4.39 Å². The summed E-state index contributed by atoms with van der Waals surface area (Å²) >= 11 is 0. The van der Waals surface area contributed by atoms with Crippen LogP contribution >= 0.6 is 0 Å². The summed E-state index contributed by atoms with van der Waals surface area (Å²) < 4.78 is 13.3. The first-order chi connectivity index (χ1) is 11.0. The van der Waals surface area contributed by atoms with Gasteiger partial charge in [0.15, 0.2) is 0 Å². The number of carbonyl (C=O) groups excluding carboxylic acids is 2. The number of hydrogen-bond donors (Lipinski definition) is 2. The molecule has 0 bridgehead atoms. The fraction of sp³-hybridized carbons (Fsp3) is 0.375. The van der Waals surface area contributed by atoms with Gasteiger partial charge in [-0.2, -0.15) is 0 Å². The van der Waals surface area contributed by atoms with Crippen molar-refractivity contribution in [2.45, 2.75) is 6.04 Å². The van der Waals surface area contributed by atoms with Gasteiger partial charge in [0.05, 0.1) is 0 Å². The highest BCUT2D eigenvalue weighted by molar-refractivity contribution is 5.98. The number of carbonyl (C=O) groups is 2. The van der Waals surface area contributed by atoms with Crippen LogP contribution in [0.3, 0.4) is 0 Å². The normalized spacial score (nSPS) is 19.1. The largest absolute Gasteiger partial charge is 0.358 e. The van der Waals surface area contributed by atoms with E-state index in [2.05, 4.69) is 10.3 Å². The van der Waals surface area contributed by atoms with Crippen LogP contribution in [0.2, 0.25) is 0 Å². The maximum absolute atomic E-state index is 13.3. The standard InChI is InChI=1S/C16H19FN4O2/c1-18-15(22)14-9-21(6-5-20(14)2)16(23)13-8-10-7-11(17)3-4-12(10)19-13/h3-4,7-8,14,19H,5-6,9H2,1-2H3,(H,18,22)/t14-/m1/s1. The number of H-pyrrole nitrogens is 1. The predicted octanol–water partition coefficient (Wildman–Crippen LogP) is 0.809. The van der Waals surface area contributed by atoms with E-state index in [0.29, 0.717) is 36.2 Å². The molecule has 7 heteroatoms. The van der Waals surface area contributed by atoms with Crippen LogP contribution in [0.1, 0.15) is 10.5 Å². The number of amides is 2. The quantitative estimate of drug-likeness (QED) is 0.861. The molecule has 0 spiro atoms. The van der Waals surface area contributed by atoms with Gasteiger partial charge in [-0.05, 0) is 31.3 Å². The van der Waals surface area contributed by atoms with E-state index < -0.39 is 0 Å². The van der Waals surface area contributed by atoms with E-state index in [1.54, 1.807) is 24.1 Å². The molecule has 1 saturated heterocycles. The first-order valence-corrected chi connectivity index (χ1v) is 7.49. The number of fused-ring (bicyclic) bond motifs is 1. The molecule has 1 aromatic carbocycles. The van der Waals surface area contributed by atoms with Crippen molar-refractivity contribution in [3.63, 3.8) is 0 Å². The second-order valence-electron chi connectivity index (χ2n) is 5.78. The lowest BCUT2D eigenvalue weighted by atomic mass is 10.1. The minimum Gasteiger partial charge on any atom is -0.358 e. The Bertz CT molecular complexity index is 758. The first kappa shape index (κ1) is 15.5. The van der Waals surface area contributed by atoms with Gasteiger partial charge in [0, 0.05) is 37.6 Å². The number of aromatic nitrogens is 1. The van der Waals surface area contributed by atoms with E-state index >= 15 is 0 Å². The molecule has 1 fully saturated rings. The van der Waals surface area contributed by atoms with Gasteiger partial charge in [0.25, 0.3) is 5.91 Å². The summed E-state index contributed by atoms with van der Waals surface area (Å²) in [6, 6.07) is 5.64. The van der Waals surface area contributed by atoms with Crippen LogP contribution in [0.25, 0.3) is 10.9 Å². The molecule has 0 unspecified atom stereocenters. The Morgan fingerprint density at radius 3 is 2.83 bits per heavy atom. The number of rotatable bonds is 2. The summed E-state index contributed by atoms with van der Waals surface area (Å²) in [5, 5.41) is 3.28. The smallest absolute Gasteiger partial charge is 0.270 e. The number of aromatic amines is 1. The van der Waals surface area contributed by atoms with Crippen molar-refractivity contribution in [2.24, 2.45) is 0 Å². The highest BCUT2D eigenvalue weighted by Gasteiger charge is 2.32. The molecule has 0 aliphatic carbocycles. The predicted molar refractivity (Wildman–Crippen MR) is 84.6 cm³/mol. The highest BCUT2D eigenvalue weighted by atomic mass is 19.1. The fourth-order valence-corrected chi connectivity index (χ4v) is 2.90. The van der Waals surface area contributed by atoms with E-state index in [0.717, 1.165) is 0 Å². The van der Waals surface area contributed by atoms with Crippen LogP contribution in [-0.4, -0.2) is 66.4 Å². The van der Waals surface area contributed by atoms with Gasteiger partial charge in [-0.3, -0.25) is 14.5 Å². The monoisotopic (exact) mass is 318 g/mol. The molecule has 2 aromatic rings. The molecule has 1 aliphatic rings. The number of hydrogen-bond acceptors (Lipinski definition) is 3. The van der Waals surface area contributed by atoms with Crippen LogP contribution in [0.5, 0.6) is 0 Å². The Labute approximate surface area is 133 Å². The molecular weight excluding hydrogens is 299 g/mol. The lowest BCUT2D eigenvalue weighted by molar-refractivity contribution is -0.127. The highest BCUT2D eigenvalue weighted by Crippen LogP contribution is 2.19. The first-order valence-electron chi connectivity index (χ1n) is 7.49. The van der Waals surface area contributed by atoms with Crippen LogP contribution < -0.4 is 5.32 Å². The number of nitrogens with one attached hydrogen (secondary N) is 2. The number of piperazine rings is 1. The summed E-state index contributed by atoms with van der Waals surface area (Å²) in [6.45, 7) is 1.50. The zero-order valence-electron chi connectivity index (χ0n) is 13.1. The van der Waals surface area contributed by atoms with Gasteiger partial charge in [0.2, 0.25) is 5.91 Å². The summed E-state index contributed by atoms with van der Waals surface area (Å²) in [5.41, 5.74) is 1.12. The third-order valence-corrected chi connectivity index (χ3v) is 4.30. The Balaban J connectivity index is 1.82. The van der Waals surface area contributed by atoms with Gasteiger partial charge in [-0.1, -0.05) is 0 Å². The zero-order valence-corrected chi connectivity index (χ0v) is 13.1. The third-order valence-electron chi connectivity index (χ3n) is 4.30. The van der Waals surface area contributed by atoms with Crippen molar-refractivity contribution in [1.29, 1.82) is 0 Å². The van der Waals surface area contributed by atoms with Gasteiger partial charge >= 0.3 is 0 Å². The SMILES string of the molecule is CNC(=O)[C@H]1CN(C(=O)c2cc3cc(F)ccc3[nH]2)CCN1C. The Morgan fingerprint density at radius 2 is 2.09 bits per heavy atom. The summed E-state index contributed by atoms with van der Waals surface area (Å²) in [6.07, 6.45) is 0. The maximum atomic E-state index is 13.3. The number of likely N-dealkylation sites (N-methyl/N-ethyl adjacent to an activating group) is 2. The molecular formula is C16H19FN4O2. The van der Waals surface area contributed by atoms with Crippen molar-refractivity contribution in [3.05, 3.63) is 35.8 Å². The van der Waals surface area contributed by atoms with E-state index in [1.807, 2.05) is 11.9 Å². The van der Waals surface area contributed by atoms with Gasteiger partial charge < -0.3 is 15.2 Å². The maximum Gasteiger partial charge on any atom is 0.270 e. The van der Waals surface area contributed by atoms with E-state index in [4.69, 9.17) is 0 Å². The molecule has 1 atom stereocenters.